The van der Waals surface area contributed by atoms with Crippen LogP contribution < -0.4 is 0 Å². The van der Waals surface area contributed by atoms with Gasteiger partial charge in [-0.25, -0.2) is 4.79 Å². The summed E-state index contributed by atoms with van der Waals surface area (Å²) in [6.07, 6.45) is -6.18. The first-order valence-corrected chi connectivity index (χ1v) is 6.04. The first-order chi connectivity index (χ1) is 8.71. The van der Waals surface area contributed by atoms with Crippen molar-refractivity contribution in [3.05, 3.63) is 34.2 Å². The zero-order valence-corrected chi connectivity index (χ0v) is 10.5. The molecule has 0 radical (unpaired) electrons. The highest BCUT2D eigenvalue weighted by Gasteiger charge is 2.31. The average molecular weight is 290 g/mol. The molecule has 0 spiro atoms. The minimum atomic E-state index is -4.45. The van der Waals surface area contributed by atoms with E-state index in [9.17, 15) is 23.1 Å². The summed E-state index contributed by atoms with van der Waals surface area (Å²) < 4.78 is 38.0. The Morgan fingerprint density at radius 1 is 1.37 bits per heavy atom. The van der Waals surface area contributed by atoms with Gasteiger partial charge in [-0.2, -0.15) is 13.2 Å². The average Bonchev–Trinajstić information content (AvgIpc) is 2.61. The lowest BCUT2D eigenvalue weighted by atomic mass is 10.0. The Kier molecular flexibility index (Phi) is 3.27. The zero-order chi connectivity index (χ0) is 14.4. The summed E-state index contributed by atoms with van der Waals surface area (Å²) >= 11 is 1.03. The number of benzene rings is 1. The molecule has 0 amide bonds. The lowest BCUT2D eigenvalue weighted by Gasteiger charge is -2.08. The number of aliphatic hydroxyl groups is 1. The Morgan fingerprint density at radius 2 is 2.00 bits per heavy atom. The molecular weight excluding hydrogens is 281 g/mol. The molecule has 0 fully saturated rings. The largest absolute Gasteiger partial charge is 0.479 e. The minimum absolute atomic E-state index is 0.154. The summed E-state index contributed by atoms with van der Waals surface area (Å²) in [7, 11) is 0. The van der Waals surface area contributed by atoms with Gasteiger partial charge in [-0.1, -0.05) is 6.07 Å². The molecular formula is C12H9F3O3S. The van der Waals surface area contributed by atoms with Gasteiger partial charge in [-0.3, -0.25) is 0 Å². The summed E-state index contributed by atoms with van der Waals surface area (Å²) in [4.78, 5) is 11.3. The van der Waals surface area contributed by atoms with Crippen LogP contribution in [0.2, 0.25) is 0 Å². The van der Waals surface area contributed by atoms with Crippen LogP contribution in [-0.4, -0.2) is 16.2 Å². The van der Waals surface area contributed by atoms with Gasteiger partial charge < -0.3 is 10.2 Å². The van der Waals surface area contributed by atoms with E-state index in [2.05, 4.69) is 0 Å². The Labute approximate surface area is 109 Å². The molecule has 1 aromatic heterocycles. The van der Waals surface area contributed by atoms with Crippen molar-refractivity contribution in [1.82, 2.24) is 0 Å². The van der Waals surface area contributed by atoms with Crippen molar-refractivity contribution in [3.8, 4) is 0 Å². The SMILES string of the molecule is Cc1sc2cc(C(F)(F)F)ccc2c1C(O)C(=O)O. The van der Waals surface area contributed by atoms with Gasteiger partial charge in [0.2, 0.25) is 0 Å². The van der Waals surface area contributed by atoms with Gasteiger partial charge in [0.25, 0.3) is 0 Å². The second kappa shape index (κ2) is 4.50. The predicted octanol–water partition coefficient (Wildman–Crippen LogP) is 3.35. The van der Waals surface area contributed by atoms with Crippen LogP contribution in [0.15, 0.2) is 18.2 Å². The highest BCUT2D eigenvalue weighted by molar-refractivity contribution is 7.19. The summed E-state index contributed by atoms with van der Waals surface area (Å²) in [5.41, 5.74) is -0.640. The van der Waals surface area contributed by atoms with E-state index in [1.807, 2.05) is 0 Å². The fraction of sp³-hybridized carbons (Fsp3) is 0.250. The maximum Gasteiger partial charge on any atom is 0.416 e. The Balaban J connectivity index is 2.64. The quantitative estimate of drug-likeness (QED) is 0.891. The topological polar surface area (TPSA) is 57.5 Å². The number of carboxylic acid groups (broad SMARTS) is 1. The first kappa shape index (κ1) is 13.8. The van der Waals surface area contributed by atoms with Crippen LogP contribution in [0.1, 0.15) is 22.1 Å². The number of carboxylic acids is 1. The van der Waals surface area contributed by atoms with Crippen molar-refractivity contribution in [2.24, 2.45) is 0 Å². The van der Waals surface area contributed by atoms with Crippen LogP contribution >= 0.6 is 11.3 Å². The number of rotatable bonds is 2. The predicted molar refractivity (Wildman–Crippen MR) is 64.2 cm³/mol. The molecule has 0 bridgehead atoms. The third-order valence-electron chi connectivity index (χ3n) is 2.75. The molecule has 0 aliphatic rings. The smallest absolute Gasteiger partial charge is 0.416 e. The van der Waals surface area contributed by atoms with Crippen molar-refractivity contribution in [1.29, 1.82) is 0 Å². The number of alkyl halides is 3. The first-order valence-electron chi connectivity index (χ1n) is 5.23. The molecule has 1 atom stereocenters. The van der Waals surface area contributed by atoms with Crippen molar-refractivity contribution < 1.29 is 28.2 Å². The fourth-order valence-corrected chi connectivity index (χ4v) is 3.01. The summed E-state index contributed by atoms with van der Waals surface area (Å²) in [5, 5.41) is 18.7. The third kappa shape index (κ3) is 2.43. The number of carbonyl (C=O) groups is 1. The van der Waals surface area contributed by atoms with Gasteiger partial charge in [0.1, 0.15) is 0 Å². The molecule has 1 heterocycles. The number of hydrogen-bond donors (Lipinski definition) is 2. The van der Waals surface area contributed by atoms with E-state index in [0.29, 0.717) is 15.0 Å². The van der Waals surface area contributed by atoms with Crippen molar-refractivity contribution >= 4 is 27.4 Å². The van der Waals surface area contributed by atoms with Gasteiger partial charge in [-0.15, -0.1) is 11.3 Å². The lowest BCUT2D eigenvalue weighted by molar-refractivity contribution is -0.147. The lowest BCUT2D eigenvalue weighted by Crippen LogP contribution is -2.11. The van der Waals surface area contributed by atoms with E-state index in [1.165, 1.54) is 6.07 Å². The van der Waals surface area contributed by atoms with Gasteiger partial charge in [0.05, 0.1) is 5.56 Å². The van der Waals surface area contributed by atoms with Gasteiger partial charge in [-0.05, 0) is 24.4 Å². The number of aliphatic carboxylic acids is 1. The molecule has 3 nitrogen and oxygen atoms in total. The van der Waals surface area contributed by atoms with Gasteiger partial charge in [0, 0.05) is 15.1 Å². The van der Waals surface area contributed by atoms with E-state index in [-0.39, 0.29) is 5.56 Å². The molecule has 0 saturated carbocycles. The number of fused-ring (bicyclic) bond motifs is 1. The van der Waals surface area contributed by atoms with E-state index in [0.717, 1.165) is 23.5 Å². The van der Waals surface area contributed by atoms with Crippen LogP contribution in [0.25, 0.3) is 10.1 Å². The molecule has 7 heteroatoms. The molecule has 2 N–H and O–H groups in total. The molecule has 2 aromatic rings. The van der Waals surface area contributed by atoms with E-state index < -0.39 is 23.8 Å². The highest BCUT2D eigenvalue weighted by Crippen LogP contribution is 2.38. The van der Waals surface area contributed by atoms with Crippen molar-refractivity contribution in [3.63, 3.8) is 0 Å². The van der Waals surface area contributed by atoms with Crippen molar-refractivity contribution in [2.45, 2.75) is 19.2 Å². The van der Waals surface area contributed by atoms with Gasteiger partial charge >= 0.3 is 12.1 Å². The van der Waals surface area contributed by atoms with Crippen molar-refractivity contribution in [2.75, 3.05) is 0 Å². The van der Waals surface area contributed by atoms with E-state index >= 15 is 0 Å². The number of hydrogen-bond acceptors (Lipinski definition) is 3. The maximum atomic E-state index is 12.6. The van der Waals surface area contributed by atoms with E-state index in [4.69, 9.17) is 5.11 Å². The summed E-state index contributed by atoms with van der Waals surface area (Å²) in [6.45, 7) is 1.57. The monoisotopic (exact) mass is 290 g/mol. The maximum absolute atomic E-state index is 12.6. The Bertz CT molecular complexity index is 645. The number of aryl methyl sites for hydroxylation is 1. The van der Waals surface area contributed by atoms with Gasteiger partial charge in [0.15, 0.2) is 6.10 Å². The van der Waals surface area contributed by atoms with Crippen LogP contribution in [0.4, 0.5) is 13.2 Å². The normalized spacial score (nSPS) is 13.7. The van der Waals surface area contributed by atoms with Crippen LogP contribution in [0.5, 0.6) is 0 Å². The minimum Gasteiger partial charge on any atom is -0.479 e. The molecule has 1 unspecified atom stereocenters. The Morgan fingerprint density at radius 3 is 2.53 bits per heavy atom. The van der Waals surface area contributed by atoms with Crippen LogP contribution in [0, 0.1) is 6.92 Å². The standard InChI is InChI=1S/C12H9F3O3S/c1-5-9(10(16)11(17)18)7-3-2-6(12(13,14)15)4-8(7)19-5/h2-4,10,16H,1H3,(H,17,18). The summed E-state index contributed by atoms with van der Waals surface area (Å²) in [5.74, 6) is -1.43. The molecule has 0 aliphatic carbocycles. The molecule has 2 rings (SSSR count). The fourth-order valence-electron chi connectivity index (χ4n) is 1.88. The molecule has 19 heavy (non-hydrogen) atoms. The molecule has 1 aromatic carbocycles. The molecule has 0 aliphatic heterocycles. The number of halogens is 3. The highest BCUT2D eigenvalue weighted by atomic mass is 32.1. The number of aliphatic hydroxyl groups excluding tert-OH is 1. The second-order valence-electron chi connectivity index (χ2n) is 4.02. The third-order valence-corrected chi connectivity index (χ3v) is 3.83. The molecule has 0 saturated heterocycles. The van der Waals surface area contributed by atoms with E-state index in [1.54, 1.807) is 6.92 Å². The summed E-state index contributed by atoms with van der Waals surface area (Å²) in [6, 6.07) is 3.04. The van der Waals surface area contributed by atoms with Crippen LogP contribution in [0.3, 0.4) is 0 Å². The molecule has 102 valence electrons. The number of thiophene rings is 1. The zero-order valence-electron chi connectivity index (χ0n) is 9.65. The Hall–Kier alpha value is -1.60. The second-order valence-corrected chi connectivity index (χ2v) is 5.28. The van der Waals surface area contributed by atoms with Crippen LogP contribution in [-0.2, 0) is 11.0 Å².